The number of phenols is 1. The number of phenolic OH excluding ortho intramolecular Hbond substituents is 1. The predicted octanol–water partition coefficient (Wildman–Crippen LogP) is 3.29. The van der Waals surface area contributed by atoms with E-state index in [1.807, 2.05) is 31.2 Å². The molecule has 0 aromatic heterocycles. The van der Waals surface area contributed by atoms with E-state index in [-0.39, 0.29) is 11.8 Å². The molecule has 2 aromatic carbocycles. The molecule has 0 aliphatic carbocycles. The number of urea groups is 1. The van der Waals surface area contributed by atoms with Gasteiger partial charge in [0.25, 0.3) is 0 Å². The lowest BCUT2D eigenvalue weighted by atomic mass is 10.2. The number of nitrogens with one attached hydrogen (secondary N) is 2. The lowest BCUT2D eigenvalue weighted by Crippen LogP contribution is -2.30. The Morgan fingerprint density at radius 2 is 1.95 bits per heavy atom. The number of anilines is 1. The third-order valence-corrected chi connectivity index (χ3v) is 3.00. The molecule has 22 heavy (non-hydrogen) atoms. The first-order chi connectivity index (χ1) is 10.6. The maximum absolute atomic E-state index is 11.6. The van der Waals surface area contributed by atoms with Crippen molar-refractivity contribution in [1.82, 2.24) is 5.32 Å². The van der Waals surface area contributed by atoms with Crippen LogP contribution in [0.4, 0.5) is 10.5 Å². The molecule has 2 amide bonds. The fourth-order valence-corrected chi connectivity index (χ4v) is 1.86. The van der Waals surface area contributed by atoms with Gasteiger partial charge in [-0.3, -0.25) is 0 Å². The summed E-state index contributed by atoms with van der Waals surface area (Å²) in [7, 11) is 0. The maximum atomic E-state index is 11.6. The van der Waals surface area contributed by atoms with Crippen molar-refractivity contribution in [2.75, 3.05) is 18.5 Å². The summed E-state index contributed by atoms with van der Waals surface area (Å²) >= 11 is 0. The fraction of sp³-hybridized carbons (Fsp3) is 0.235. The van der Waals surface area contributed by atoms with Crippen LogP contribution < -0.4 is 15.4 Å². The van der Waals surface area contributed by atoms with Gasteiger partial charge in [-0.15, -0.1) is 0 Å². The van der Waals surface area contributed by atoms with Crippen molar-refractivity contribution in [3.05, 3.63) is 54.1 Å². The van der Waals surface area contributed by atoms with E-state index >= 15 is 0 Å². The molecule has 2 rings (SSSR count). The van der Waals surface area contributed by atoms with E-state index in [0.717, 1.165) is 5.75 Å². The lowest BCUT2D eigenvalue weighted by Gasteiger charge is -2.09. The standard InChI is InChI=1S/C17H20N2O3/c1-13-6-8-16(9-7-13)22-11-3-10-18-17(21)19-14-4-2-5-15(20)12-14/h2,4-9,12,20H,3,10-11H2,1H3,(H2,18,19,21). The van der Waals surface area contributed by atoms with Crippen LogP contribution in [0.3, 0.4) is 0 Å². The minimum Gasteiger partial charge on any atom is -0.508 e. The van der Waals surface area contributed by atoms with E-state index < -0.39 is 0 Å². The zero-order valence-corrected chi connectivity index (χ0v) is 12.5. The molecular weight excluding hydrogens is 280 g/mol. The summed E-state index contributed by atoms with van der Waals surface area (Å²) in [4.78, 5) is 11.6. The Morgan fingerprint density at radius 3 is 2.68 bits per heavy atom. The number of carbonyl (C=O) groups excluding carboxylic acids is 1. The summed E-state index contributed by atoms with van der Waals surface area (Å²) in [5, 5.41) is 14.7. The summed E-state index contributed by atoms with van der Waals surface area (Å²) < 4.78 is 5.57. The van der Waals surface area contributed by atoms with Crippen LogP contribution in [0.15, 0.2) is 48.5 Å². The van der Waals surface area contributed by atoms with Crippen LogP contribution in [-0.2, 0) is 0 Å². The number of amides is 2. The number of hydrogen-bond acceptors (Lipinski definition) is 3. The van der Waals surface area contributed by atoms with E-state index in [4.69, 9.17) is 4.74 Å². The minimum absolute atomic E-state index is 0.115. The highest BCUT2D eigenvalue weighted by Gasteiger charge is 2.01. The molecule has 0 spiro atoms. The molecule has 0 heterocycles. The second-order valence-corrected chi connectivity index (χ2v) is 4.95. The molecule has 0 saturated carbocycles. The van der Waals surface area contributed by atoms with E-state index in [2.05, 4.69) is 10.6 Å². The molecule has 0 bridgehead atoms. The predicted molar refractivity (Wildman–Crippen MR) is 86.4 cm³/mol. The smallest absolute Gasteiger partial charge is 0.319 e. The van der Waals surface area contributed by atoms with E-state index in [1.165, 1.54) is 11.6 Å². The molecule has 5 heteroatoms. The molecule has 0 aliphatic rings. The summed E-state index contributed by atoms with van der Waals surface area (Å²) in [5.74, 6) is 0.944. The van der Waals surface area contributed by atoms with Gasteiger partial charge in [0.15, 0.2) is 0 Å². The summed E-state index contributed by atoms with van der Waals surface area (Å²) in [6, 6.07) is 14.0. The normalized spacial score (nSPS) is 10.0. The molecule has 0 saturated heterocycles. The Hall–Kier alpha value is -2.69. The number of rotatable bonds is 6. The third kappa shape index (κ3) is 5.36. The summed E-state index contributed by atoms with van der Waals surface area (Å²) in [6.07, 6.45) is 0.710. The molecule has 5 nitrogen and oxygen atoms in total. The quantitative estimate of drug-likeness (QED) is 0.717. The first-order valence-electron chi connectivity index (χ1n) is 7.17. The van der Waals surface area contributed by atoms with Crippen molar-refractivity contribution in [1.29, 1.82) is 0 Å². The minimum atomic E-state index is -0.305. The molecule has 0 aliphatic heterocycles. The van der Waals surface area contributed by atoms with Crippen LogP contribution in [0, 0.1) is 6.92 Å². The van der Waals surface area contributed by atoms with Gasteiger partial charge in [0.1, 0.15) is 11.5 Å². The average molecular weight is 300 g/mol. The molecular formula is C17H20N2O3. The van der Waals surface area contributed by atoms with Crippen molar-refractivity contribution >= 4 is 11.7 Å². The summed E-state index contributed by atoms with van der Waals surface area (Å²) in [6.45, 7) is 3.07. The van der Waals surface area contributed by atoms with Crippen molar-refractivity contribution in [3.63, 3.8) is 0 Å². The van der Waals surface area contributed by atoms with Crippen molar-refractivity contribution in [2.45, 2.75) is 13.3 Å². The zero-order valence-electron chi connectivity index (χ0n) is 12.5. The topological polar surface area (TPSA) is 70.6 Å². The van der Waals surface area contributed by atoms with Gasteiger partial charge in [0, 0.05) is 18.3 Å². The second-order valence-electron chi connectivity index (χ2n) is 4.95. The first-order valence-corrected chi connectivity index (χ1v) is 7.17. The Kier molecular flexibility index (Phi) is 5.65. The first kappa shape index (κ1) is 15.7. The van der Waals surface area contributed by atoms with E-state index in [0.29, 0.717) is 25.3 Å². The molecule has 3 N–H and O–H groups in total. The van der Waals surface area contributed by atoms with Gasteiger partial charge in [-0.25, -0.2) is 4.79 Å². The van der Waals surface area contributed by atoms with Crippen LogP contribution in [0.1, 0.15) is 12.0 Å². The van der Waals surface area contributed by atoms with Gasteiger partial charge in [-0.1, -0.05) is 23.8 Å². The van der Waals surface area contributed by atoms with Crippen LogP contribution in [-0.4, -0.2) is 24.3 Å². The van der Waals surface area contributed by atoms with Gasteiger partial charge >= 0.3 is 6.03 Å². The third-order valence-electron chi connectivity index (χ3n) is 3.00. The molecule has 0 atom stereocenters. The van der Waals surface area contributed by atoms with E-state index in [9.17, 15) is 9.90 Å². The van der Waals surface area contributed by atoms with Crippen LogP contribution >= 0.6 is 0 Å². The zero-order chi connectivity index (χ0) is 15.8. The van der Waals surface area contributed by atoms with Crippen molar-refractivity contribution < 1.29 is 14.6 Å². The summed E-state index contributed by atoms with van der Waals surface area (Å²) in [5.41, 5.74) is 1.74. The van der Waals surface area contributed by atoms with Crippen molar-refractivity contribution in [2.24, 2.45) is 0 Å². The molecule has 116 valence electrons. The molecule has 0 unspecified atom stereocenters. The highest BCUT2D eigenvalue weighted by Crippen LogP contribution is 2.15. The van der Waals surface area contributed by atoms with E-state index in [1.54, 1.807) is 18.2 Å². The van der Waals surface area contributed by atoms with Crippen LogP contribution in [0.25, 0.3) is 0 Å². The average Bonchev–Trinajstić information content (AvgIpc) is 2.49. The highest BCUT2D eigenvalue weighted by atomic mass is 16.5. The Morgan fingerprint density at radius 1 is 1.18 bits per heavy atom. The Bertz CT molecular complexity index is 612. The monoisotopic (exact) mass is 300 g/mol. The van der Waals surface area contributed by atoms with Gasteiger partial charge in [0.2, 0.25) is 0 Å². The van der Waals surface area contributed by atoms with Gasteiger partial charge in [-0.2, -0.15) is 0 Å². The highest BCUT2D eigenvalue weighted by molar-refractivity contribution is 5.89. The number of benzene rings is 2. The maximum Gasteiger partial charge on any atom is 0.319 e. The van der Waals surface area contributed by atoms with Gasteiger partial charge < -0.3 is 20.5 Å². The Balaban J connectivity index is 1.62. The number of hydrogen-bond donors (Lipinski definition) is 3. The van der Waals surface area contributed by atoms with Crippen LogP contribution in [0.2, 0.25) is 0 Å². The van der Waals surface area contributed by atoms with Gasteiger partial charge in [-0.05, 0) is 37.6 Å². The van der Waals surface area contributed by atoms with Crippen molar-refractivity contribution in [3.8, 4) is 11.5 Å². The molecule has 0 fully saturated rings. The largest absolute Gasteiger partial charge is 0.508 e. The number of aromatic hydroxyl groups is 1. The Labute approximate surface area is 129 Å². The van der Waals surface area contributed by atoms with Crippen LogP contribution in [0.5, 0.6) is 11.5 Å². The molecule has 2 aromatic rings. The SMILES string of the molecule is Cc1ccc(OCCCNC(=O)Nc2cccc(O)c2)cc1. The number of aryl methyl sites for hydroxylation is 1. The number of ether oxygens (including phenoxy) is 1. The lowest BCUT2D eigenvalue weighted by molar-refractivity contribution is 0.250. The number of carbonyl (C=O) groups is 1. The fourth-order valence-electron chi connectivity index (χ4n) is 1.86. The second kappa shape index (κ2) is 7.93. The van der Waals surface area contributed by atoms with Gasteiger partial charge in [0.05, 0.1) is 6.61 Å². The molecule has 0 radical (unpaired) electrons.